The molecule has 13 nitrogen and oxygen atoms in total. The highest BCUT2D eigenvalue weighted by molar-refractivity contribution is 7.89. The Bertz CT molecular complexity index is 2080. The van der Waals surface area contributed by atoms with Crippen LogP contribution < -0.4 is 9.47 Å². The van der Waals surface area contributed by atoms with E-state index < -0.39 is 115 Å². The summed E-state index contributed by atoms with van der Waals surface area (Å²) in [6.45, 7) is 0. The minimum atomic E-state index is -5.09. The highest BCUT2D eigenvalue weighted by Crippen LogP contribution is 2.39. The normalized spacial score (nSPS) is 11.9. The lowest BCUT2D eigenvalue weighted by Gasteiger charge is -2.19. The molecule has 22 heteroatoms. The Hall–Kier alpha value is -5.47. The minimum Gasteiger partial charge on any atom is -0.456 e. The Morgan fingerprint density at radius 3 is 1.29 bits per heavy atom. The number of imide groups is 1. The van der Waals surface area contributed by atoms with Crippen molar-refractivity contribution >= 4 is 56.4 Å². The molecular weight excluding hydrogens is 767 g/mol. The van der Waals surface area contributed by atoms with Crippen molar-refractivity contribution in [1.29, 1.82) is 0 Å². The van der Waals surface area contributed by atoms with E-state index in [1.54, 1.807) is 0 Å². The number of halogens is 8. The van der Waals surface area contributed by atoms with E-state index in [2.05, 4.69) is 0 Å². The van der Waals surface area contributed by atoms with Gasteiger partial charge < -0.3 is 9.47 Å². The fourth-order valence-electron chi connectivity index (χ4n) is 4.20. The van der Waals surface area contributed by atoms with Gasteiger partial charge >= 0.3 is 12.4 Å². The molecule has 0 bridgehead atoms. The molecule has 0 atom stereocenters. The molecular formula is C29H15Cl2F6N3O10S. The molecule has 0 aliphatic heterocycles. The first-order chi connectivity index (χ1) is 23.5. The van der Waals surface area contributed by atoms with Crippen LogP contribution in [0.5, 0.6) is 23.0 Å². The second-order valence-electron chi connectivity index (χ2n) is 10.00. The van der Waals surface area contributed by atoms with Gasteiger partial charge in [-0.15, -0.1) is 0 Å². The quantitative estimate of drug-likeness (QED) is 0.0691. The van der Waals surface area contributed by atoms with Gasteiger partial charge in [-0.1, -0.05) is 23.2 Å². The zero-order valence-electron chi connectivity index (χ0n) is 24.8. The summed E-state index contributed by atoms with van der Waals surface area (Å²) in [5.74, 6) is -5.75. The summed E-state index contributed by atoms with van der Waals surface area (Å²) in [6.07, 6.45) is -9.26. The second-order valence-corrected chi connectivity index (χ2v) is 12.6. The molecule has 2 amide bonds. The van der Waals surface area contributed by atoms with Gasteiger partial charge in [-0.3, -0.25) is 29.8 Å². The first-order valence-electron chi connectivity index (χ1n) is 13.2. The Balaban J connectivity index is 1.78. The van der Waals surface area contributed by atoms with Crippen molar-refractivity contribution in [3.8, 4) is 23.0 Å². The number of hydrogen-bond donors (Lipinski definition) is 0. The van der Waals surface area contributed by atoms with E-state index in [0.29, 0.717) is 54.8 Å². The predicted molar refractivity (Wildman–Crippen MR) is 165 cm³/mol. The number of carbonyl (C=O) groups excluding carboxylic acids is 2. The van der Waals surface area contributed by atoms with Gasteiger partial charge in [-0.25, -0.2) is 8.42 Å². The second kappa shape index (κ2) is 14.0. The largest absolute Gasteiger partial charge is 0.456 e. The van der Waals surface area contributed by atoms with Crippen LogP contribution in [0.2, 0.25) is 10.0 Å². The van der Waals surface area contributed by atoms with Gasteiger partial charge in [0.05, 0.1) is 37.3 Å². The van der Waals surface area contributed by atoms with Crippen LogP contribution in [0.25, 0.3) is 0 Å². The summed E-state index contributed by atoms with van der Waals surface area (Å²) < 4.78 is 114. The van der Waals surface area contributed by atoms with Crippen molar-refractivity contribution in [2.24, 2.45) is 0 Å². The third kappa shape index (κ3) is 8.64. The Morgan fingerprint density at radius 1 is 0.667 bits per heavy atom. The number of nitro benzene ring substituents is 2. The average molecular weight is 782 g/mol. The van der Waals surface area contributed by atoms with Crippen molar-refractivity contribution in [3.05, 3.63) is 125 Å². The van der Waals surface area contributed by atoms with Crippen molar-refractivity contribution in [2.45, 2.75) is 12.4 Å². The smallest absolute Gasteiger partial charge is 0.416 e. The van der Waals surface area contributed by atoms with E-state index in [0.717, 1.165) is 24.3 Å². The monoisotopic (exact) mass is 781 g/mol. The van der Waals surface area contributed by atoms with Gasteiger partial charge in [-0.2, -0.15) is 30.6 Å². The number of ether oxygens (including phenoxy) is 2. The van der Waals surface area contributed by atoms with Gasteiger partial charge in [0.2, 0.25) is 10.0 Å². The number of sulfonamides is 1. The first-order valence-corrected chi connectivity index (χ1v) is 15.8. The molecule has 51 heavy (non-hydrogen) atoms. The lowest BCUT2D eigenvalue weighted by Crippen LogP contribution is -2.41. The SMILES string of the molecule is CS(=O)(=O)N(C(=O)c1cc(Oc2ccc(C(F)(F)F)cc2Cl)ccc1[N+](=O)[O-])C(=O)c1cc(Oc2ccc(C(F)(F)F)cc2Cl)ccc1[N+](=O)[O-]. The molecule has 268 valence electrons. The summed E-state index contributed by atoms with van der Waals surface area (Å²) in [7, 11) is -5.09. The van der Waals surface area contributed by atoms with Crippen LogP contribution in [-0.4, -0.2) is 40.6 Å². The number of benzene rings is 4. The molecule has 4 aromatic rings. The summed E-state index contributed by atoms with van der Waals surface area (Å²) in [4.78, 5) is 48.7. The molecule has 0 radical (unpaired) electrons. The molecule has 4 aromatic carbocycles. The maximum Gasteiger partial charge on any atom is 0.416 e. The van der Waals surface area contributed by atoms with Crippen LogP contribution in [-0.2, 0) is 22.4 Å². The Kier molecular flexibility index (Phi) is 10.6. The molecule has 0 spiro atoms. The molecule has 0 aliphatic rings. The highest BCUT2D eigenvalue weighted by atomic mass is 35.5. The number of nitro groups is 2. The number of amides is 2. The van der Waals surface area contributed by atoms with E-state index in [4.69, 9.17) is 32.7 Å². The number of carbonyl (C=O) groups is 2. The van der Waals surface area contributed by atoms with E-state index >= 15 is 0 Å². The minimum absolute atomic E-state index is 0.311. The van der Waals surface area contributed by atoms with Crippen LogP contribution in [0.1, 0.15) is 31.8 Å². The van der Waals surface area contributed by atoms with Crippen LogP contribution in [0.15, 0.2) is 72.8 Å². The lowest BCUT2D eigenvalue weighted by atomic mass is 10.1. The zero-order chi connectivity index (χ0) is 38.2. The molecule has 0 aliphatic carbocycles. The summed E-state index contributed by atoms with van der Waals surface area (Å²) in [6, 6.07) is 7.87. The first kappa shape index (κ1) is 38.3. The number of rotatable bonds is 9. The number of alkyl halides is 6. The maximum absolute atomic E-state index is 13.7. The van der Waals surface area contributed by atoms with Crippen LogP contribution in [0.4, 0.5) is 37.7 Å². The van der Waals surface area contributed by atoms with Crippen molar-refractivity contribution in [3.63, 3.8) is 0 Å². The van der Waals surface area contributed by atoms with E-state index in [-0.39, 0.29) is 0 Å². The van der Waals surface area contributed by atoms with Gasteiger partial charge in [0, 0.05) is 24.3 Å². The Labute approximate surface area is 290 Å². The summed E-state index contributed by atoms with van der Waals surface area (Å²) in [5.41, 5.74) is -6.79. The summed E-state index contributed by atoms with van der Waals surface area (Å²) in [5, 5.41) is 22.4. The average Bonchev–Trinajstić information content (AvgIpc) is 3.01. The van der Waals surface area contributed by atoms with Crippen LogP contribution >= 0.6 is 23.2 Å². The number of nitrogens with zero attached hydrogens (tertiary/aromatic N) is 3. The molecule has 0 N–H and O–H groups in total. The molecule has 4 rings (SSSR count). The van der Waals surface area contributed by atoms with Crippen LogP contribution in [0, 0.1) is 20.2 Å². The predicted octanol–water partition coefficient (Wildman–Crippen LogP) is 8.67. The molecule has 0 unspecified atom stereocenters. The third-order valence-corrected chi connectivity index (χ3v) is 8.05. The molecule has 0 heterocycles. The Morgan fingerprint density at radius 2 is 1.02 bits per heavy atom. The van der Waals surface area contributed by atoms with Crippen LogP contribution in [0.3, 0.4) is 0 Å². The number of hydrogen-bond acceptors (Lipinski definition) is 10. The highest BCUT2D eigenvalue weighted by Gasteiger charge is 2.39. The molecule has 0 saturated heterocycles. The van der Waals surface area contributed by atoms with Crippen molar-refractivity contribution in [2.75, 3.05) is 6.26 Å². The topological polar surface area (TPSA) is 176 Å². The van der Waals surface area contributed by atoms with Gasteiger partial charge in [-0.05, 0) is 48.5 Å². The van der Waals surface area contributed by atoms with Crippen molar-refractivity contribution in [1.82, 2.24) is 4.31 Å². The maximum atomic E-state index is 13.7. The fourth-order valence-corrected chi connectivity index (χ4v) is 5.44. The lowest BCUT2D eigenvalue weighted by molar-refractivity contribution is -0.385. The van der Waals surface area contributed by atoms with Gasteiger partial charge in [0.1, 0.15) is 34.1 Å². The van der Waals surface area contributed by atoms with Gasteiger partial charge in [0.15, 0.2) is 0 Å². The molecule has 0 aromatic heterocycles. The molecule has 0 saturated carbocycles. The fraction of sp³-hybridized carbons (Fsp3) is 0.103. The van der Waals surface area contributed by atoms with E-state index in [1.807, 2.05) is 0 Å². The van der Waals surface area contributed by atoms with E-state index in [1.165, 1.54) is 0 Å². The van der Waals surface area contributed by atoms with E-state index in [9.17, 15) is 64.6 Å². The third-order valence-electron chi connectivity index (χ3n) is 6.46. The van der Waals surface area contributed by atoms with Crippen molar-refractivity contribution < 1.29 is 63.7 Å². The zero-order valence-corrected chi connectivity index (χ0v) is 27.1. The summed E-state index contributed by atoms with van der Waals surface area (Å²) >= 11 is 11.8. The molecule has 0 fully saturated rings. The standard InChI is InChI=1S/C29H15Cl2F6N3O10S/c1-51(47,48)38(26(41)18-12-16(4-6-22(18)39(43)44)49-24-8-2-14(10-20(24)30)28(32,33)34)27(42)19-13-17(5-7-23(19)40(45)46)50-25-9-3-15(11-21(25)31)29(35,36)37/h2-13H,1H3. The van der Waals surface area contributed by atoms with Gasteiger partial charge in [0.25, 0.3) is 23.2 Å².